The van der Waals surface area contributed by atoms with Crippen molar-refractivity contribution in [2.45, 2.75) is 26.3 Å². The van der Waals surface area contributed by atoms with Crippen LogP contribution in [-0.2, 0) is 20.8 Å². The minimum atomic E-state index is -1.04. The molecule has 2 N–H and O–H groups in total. The lowest BCUT2D eigenvalue weighted by Crippen LogP contribution is -2.36. The topological polar surface area (TPSA) is 144 Å². The van der Waals surface area contributed by atoms with E-state index < -0.39 is 17.7 Å². The standard InChI is InChI=1S/C23H23Cl2N5O6/c1-2-35-23(33)27-22(32)19(11-26)29-28-15-9-17(24)21(18(25)10-15)36-16-3-4-20(31)30(13-16)12-14-5-7-34-8-6-14/h3-4,9-10,13-14,28H,2,5-8,12H2,1H3,(H,27,32,33). The molecule has 1 fully saturated rings. The highest BCUT2D eigenvalue weighted by Crippen LogP contribution is 2.38. The van der Waals surface area contributed by atoms with E-state index in [1.807, 2.05) is 5.32 Å². The molecule has 1 aliphatic rings. The molecule has 0 bridgehead atoms. The van der Waals surface area contributed by atoms with Crippen LogP contribution in [0.25, 0.3) is 0 Å². The zero-order valence-electron chi connectivity index (χ0n) is 19.3. The number of alkyl carbamates (subject to hydrolysis) is 1. The molecule has 1 aliphatic heterocycles. The number of nitrogens with one attached hydrogen (secondary N) is 2. The van der Waals surface area contributed by atoms with Gasteiger partial charge >= 0.3 is 6.09 Å². The Morgan fingerprint density at radius 3 is 2.58 bits per heavy atom. The quantitative estimate of drug-likeness (QED) is 0.382. The molecule has 1 aromatic heterocycles. The van der Waals surface area contributed by atoms with Crippen LogP contribution in [0.15, 0.2) is 40.4 Å². The lowest BCUT2D eigenvalue weighted by atomic mass is 10.0. The molecule has 1 saturated heterocycles. The Hall–Kier alpha value is -3.59. The summed E-state index contributed by atoms with van der Waals surface area (Å²) in [5, 5.41) is 14.9. The molecule has 13 heteroatoms. The molecule has 2 amide bonds. The van der Waals surface area contributed by atoms with E-state index in [2.05, 4.69) is 15.3 Å². The van der Waals surface area contributed by atoms with Crippen molar-refractivity contribution in [1.29, 1.82) is 5.26 Å². The van der Waals surface area contributed by atoms with Gasteiger partial charge in [-0.1, -0.05) is 23.2 Å². The zero-order valence-corrected chi connectivity index (χ0v) is 20.8. The molecule has 190 valence electrons. The highest BCUT2D eigenvalue weighted by atomic mass is 35.5. The van der Waals surface area contributed by atoms with Crippen molar-refractivity contribution >= 4 is 46.6 Å². The second kappa shape index (κ2) is 12.9. The normalized spacial score (nSPS) is 14.0. The molecule has 11 nitrogen and oxygen atoms in total. The van der Waals surface area contributed by atoms with Crippen LogP contribution in [0.5, 0.6) is 11.5 Å². The Kier molecular flexibility index (Phi) is 9.69. The Bertz CT molecular complexity index is 1230. The maximum Gasteiger partial charge on any atom is 0.414 e. The first-order valence-electron chi connectivity index (χ1n) is 11.0. The molecule has 36 heavy (non-hydrogen) atoms. The van der Waals surface area contributed by atoms with Crippen molar-refractivity contribution in [2.24, 2.45) is 11.0 Å². The van der Waals surface area contributed by atoms with Gasteiger partial charge in [0.1, 0.15) is 11.8 Å². The van der Waals surface area contributed by atoms with Crippen LogP contribution in [0.2, 0.25) is 10.0 Å². The van der Waals surface area contributed by atoms with E-state index in [0.29, 0.717) is 31.4 Å². The summed E-state index contributed by atoms with van der Waals surface area (Å²) in [7, 11) is 0. The van der Waals surface area contributed by atoms with Gasteiger partial charge in [-0.05, 0) is 43.9 Å². The van der Waals surface area contributed by atoms with Gasteiger partial charge in [0.25, 0.3) is 11.5 Å². The largest absolute Gasteiger partial charge is 0.453 e. The Balaban J connectivity index is 1.72. The number of aromatic nitrogens is 1. The van der Waals surface area contributed by atoms with Gasteiger partial charge in [0.2, 0.25) is 5.71 Å². The molecule has 1 aromatic carbocycles. The van der Waals surface area contributed by atoms with E-state index in [9.17, 15) is 14.4 Å². The molecule has 3 rings (SSSR count). The van der Waals surface area contributed by atoms with E-state index in [1.165, 1.54) is 24.3 Å². The third-order valence-electron chi connectivity index (χ3n) is 5.08. The summed E-state index contributed by atoms with van der Waals surface area (Å²) < 4.78 is 17.4. The number of nitriles is 1. The molecule has 0 radical (unpaired) electrons. The SMILES string of the molecule is CCOC(=O)NC(=O)C(C#N)=NNc1cc(Cl)c(Oc2ccc(=O)n(CC3CCOCC3)c2)c(Cl)c1. The fraction of sp³-hybridized carbons (Fsp3) is 0.348. The predicted octanol–water partition coefficient (Wildman–Crippen LogP) is 3.94. The van der Waals surface area contributed by atoms with Gasteiger partial charge in [0.15, 0.2) is 5.75 Å². The number of hydrogen-bond acceptors (Lipinski definition) is 9. The number of hydrazone groups is 1. The molecular weight excluding hydrogens is 513 g/mol. The molecule has 2 aromatic rings. The summed E-state index contributed by atoms with van der Waals surface area (Å²) in [5.41, 5.74) is 1.97. The maximum atomic E-state index is 12.3. The van der Waals surface area contributed by atoms with Gasteiger partial charge in [-0.15, -0.1) is 0 Å². The number of pyridine rings is 1. The van der Waals surface area contributed by atoms with E-state index in [0.717, 1.165) is 12.8 Å². The summed E-state index contributed by atoms with van der Waals surface area (Å²) in [5.74, 6) is -0.199. The molecule has 0 aliphatic carbocycles. The molecule has 2 heterocycles. The summed E-state index contributed by atoms with van der Waals surface area (Å²) in [4.78, 5) is 35.6. The average Bonchev–Trinajstić information content (AvgIpc) is 2.84. The van der Waals surface area contributed by atoms with Gasteiger partial charge < -0.3 is 18.8 Å². The van der Waals surface area contributed by atoms with Gasteiger partial charge in [0.05, 0.1) is 22.3 Å². The molecule has 0 spiro atoms. The number of amides is 2. The first kappa shape index (κ1) is 27.0. The second-order valence-electron chi connectivity index (χ2n) is 7.64. The average molecular weight is 536 g/mol. The van der Waals surface area contributed by atoms with E-state index in [-0.39, 0.29) is 33.6 Å². The molecular formula is C23H23Cl2N5O6. The first-order valence-corrected chi connectivity index (χ1v) is 11.7. The Morgan fingerprint density at radius 2 is 1.94 bits per heavy atom. The molecule has 0 atom stereocenters. The number of ether oxygens (including phenoxy) is 3. The van der Waals surface area contributed by atoms with Crippen LogP contribution in [0, 0.1) is 17.2 Å². The number of carbonyl (C=O) groups is 2. The van der Waals surface area contributed by atoms with E-state index in [1.54, 1.807) is 23.8 Å². The van der Waals surface area contributed by atoms with Crippen molar-refractivity contribution < 1.29 is 23.8 Å². The number of nitrogens with zero attached hydrogens (tertiary/aromatic N) is 3. The lowest BCUT2D eigenvalue weighted by Gasteiger charge is -2.23. The fourth-order valence-corrected chi connectivity index (χ4v) is 3.89. The van der Waals surface area contributed by atoms with E-state index >= 15 is 0 Å². The van der Waals surface area contributed by atoms with E-state index in [4.69, 9.17) is 37.9 Å². The highest BCUT2D eigenvalue weighted by molar-refractivity contribution is 6.47. The minimum absolute atomic E-state index is 0.0544. The van der Waals surface area contributed by atoms with Crippen LogP contribution in [0.1, 0.15) is 19.8 Å². The first-order chi connectivity index (χ1) is 17.3. The van der Waals surface area contributed by atoms with Crippen molar-refractivity contribution in [3.05, 3.63) is 50.9 Å². The van der Waals surface area contributed by atoms with Crippen molar-refractivity contribution in [3.8, 4) is 17.6 Å². The molecule has 0 saturated carbocycles. The number of hydrogen-bond donors (Lipinski definition) is 2. The smallest absolute Gasteiger partial charge is 0.414 e. The number of imide groups is 1. The van der Waals surface area contributed by atoms with Crippen LogP contribution in [0.3, 0.4) is 0 Å². The maximum absolute atomic E-state index is 12.3. The van der Waals surface area contributed by atoms with Gasteiger partial charge in [-0.3, -0.25) is 20.3 Å². The summed E-state index contributed by atoms with van der Waals surface area (Å²) in [6, 6.07) is 7.34. The van der Waals surface area contributed by atoms with Crippen molar-refractivity contribution in [3.63, 3.8) is 0 Å². The van der Waals surface area contributed by atoms with Crippen LogP contribution < -0.4 is 21.0 Å². The van der Waals surface area contributed by atoms with Gasteiger partial charge in [0, 0.05) is 32.0 Å². The van der Waals surface area contributed by atoms with Crippen molar-refractivity contribution in [2.75, 3.05) is 25.2 Å². The van der Waals surface area contributed by atoms with Gasteiger partial charge in [-0.25, -0.2) is 4.79 Å². The summed E-state index contributed by atoms with van der Waals surface area (Å²) in [6.07, 6.45) is 2.35. The summed E-state index contributed by atoms with van der Waals surface area (Å²) >= 11 is 12.7. The highest BCUT2D eigenvalue weighted by Gasteiger charge is 2.18. The number of halogens is 2. The van der Waals surface area contributed by atoms with Crippen LogP contribution in [-0.4, -0.2) is 42.1 Å². The zero-order chi connectivity index (χ0) is 26.1. The number of rotatable bonds is 8. The van der Waals surface area contributed by atoms with Crippen molar-refractivity contribution in [1.82, 2.24) is 9.88 Å². The number of carbonyl (C=O) groups excluding carboxylic acids is 2. The Labute approximate surface area is 216 Å². The van der Waals surface area contributed by atoms with Crippen LogP contribution >= 0.6 is 23.2 Å². The third kappa shape index (κ3) is 7.45. The minimum Gasteiger partial charge on any atom is -0.453 e. The fourth-order valence-electron chi connectivity index (χ4n) is 3.33. The lowest BCUT2D eigenvalue weighted by molar-refractivity contribution is -0.114. The number of anilines is 1. The predicted molar refractivity (Wildman–Crippen MR) is 133 cm³/mol. The van der Waals surface area contributed by atoms with Gasteiger partial charge in [-0.2, -0.15) is 10.4 Å². The third-order valence-corrected chi connectivity index (χ3v) is 5.64. The monoisotopic (exact) mass is 535 g/mol. The Morgan fingerprint density at radius 1 is 1.25 bits per heavy atom. The second-order valence-corrected chi connectivity index (χ2v) is 8.46. The van der Waals surface area contributed by atoms with Crippen LogP contribution in [0.4, 0.5) is 10.5 Å². The number of benzene rings is 1. The summed E-state index contributed by atoms with van der Waals surface area (Å²) in [6.45, 7) is 3.52. The molecule has 0 unspecified atom stereocenters.